The molecule has 0 atom stereocenters. The second kappa shape index (κ2) is 6.28. The highest BCUT2D eigenvalue weighted by molar-refractivity contribution is 5.79. The number of carbonyl (C=O) groups excluding carboxylic acids is 2. The Bertz CT molecular complexity index is 542. The first-order valence-electron chi connectivity index (χ1n) is 7.42. The van der Waals surface area contributed by atoms with Crippen molar-refractivity contribution in [3.63, 3.8) is 0 Å². The van der Waals surface area contributed by atoms with E-state index in [0.29, 0.717) is 19.6 Å². The van der Waals surface area contributed by atoms with E-state index in [4.69, 9.17) is 0 Å². The molecule has 1 N–H and O–H groups in total. The van der Waals surface area contributed by atoms with Gasteiger partial charge in [0.1, 0.15) is 0 Å². The molecule has 0 saturated carbocycles. The molecule has 21 heavy (non-hydrogen) atoms. The molecule has 1 fully saturated rings. The van der Waals surface area contributed by atoms with Crippen LogP contribution in [0.1, 0.15) is 36.7 Å². The smallest absolute Gasteiger partial charge is 0.223 e. The summed E-state index contributed by atoms with van der Waals surface area (Å²) in [5.41, 5.74) is 3.13. The molecule has 1 aromatic rings. The molecule has 1 saturated heterocycles. The van der Waals surface area contributed by atoms with E-state index in [-0.39, 0.29) is 17.7 Å². The van der Waals surface area contributed by atoms with E-state index in [9.17, 15) is 9.59 Å². The van der Waals surface area contributed by atoms with E-state index in [1.807, 2.05) is 25.6 Å². The molecule has 0 spiro atoms. The minimum atomic E-state index is 0.0119. The summed E-state index contributed by atoms with van der Waals surface area (Å²) in [4.78, 5) is 25.3. The van der Waals surface area contributed by atoms with Gasteiger partial charge in [-0.2, -0.15) is 5.10 Å². The third kappa shape index (κ3) is 3.43. The summed E-state index contributed by atoms with van der Waals surface area (Å²) >= 11 is 0. The van der Waals surface area contributed by atoms with Crippen molar-refractivity contribution in [2.24, 2.45) is 13.0 Å². The zero-order valence-electron chi connectivity index (χ0n) is 13.3. The third-order valence-electron chi connectivity index (χ3n) is 4.41. The Morgan fingerprint density at radius 1 is 1.29 bits per heavy atom. The number of rotatable bonds is 3. The van der Waals surface area contributed by atoms with Crippen LogP contribution in [0.4, 0.5) is 0 Å². The van der Waals surface area contributed by atoms with Crippen LogP contribution in [0.15, 0.2) is 0 Å². The molecule has 116 valence electrons. The Balaban J connectivity index is 1.87. The van der Waals surface area contributed by atoms with Crippen LogP contribution >= 0.6 is 0 Å². The number of carbonyl (C=O) groups is 2. The Morgan fingerprint density at radius 2 is 1.90 bits per heavy atom. The molecule has 0 aliphatic carbocycles. The summed E-state index contributed by atoms with van der Waals surface area (Å²) in [6.07, 6.45) is 1.49. The van der Waals surface area contributed by atoms with Gasteiger partial charge in [-0.3, -0.25) is 14.3 Å². The first kappa shape index (κ1) is 15.5. The highest BCUT2D eigenvalue weighted by Gasteiger charge is 2.26. The van der Waals surface area contributed by atoms with Crippen molar-refractivity contribution < 1.29 is 9.59 Å². The molecular formula is C15H24N4O2. The largest absolute Gasteiger partial charge is 0.352 e. The fourth-order valence-corrected chi connectivity index (χ4v) is 2.85. The lowest BCUT2D eigenvalue weighted by Gasteiger charge is -2.30. The number of nitrogens with zero attached hydrogens (tertiary/aromatic N) is 3. The van der Waals surface area contributed by atoms with Crippen molar-refractivity contribution in [2.45, 2.75) is 40.2 Å². The Morgan fingerprint density at radius 3 is 2.38 bits per heavy atom. The topological polar surface area (TPSA) is 67.2 Å². The second-order valence-corrected chi connectivity index (χ2v) is 5.77. The average Bonchev–Trinajstić information content (AvgIpc) is 2.70. The molecule has 0 unspecified atom stereocenters. The van der Waals surface area contributed by atoms with Crippen LogP contribution < -0.4 is 5.32 Å². The molecule has 2 rings (SSSR count). The van der Waals surface area contributed by atoms with E-state index < -0.39 is 0 Å². The molecule has 0 aromatic carbocycles. The van der Waals surface area contributed by atoms with Crippen LogP contribution in [0.25, 0.3) is 0 Å². The zero-order valence-corrected chi connectivity index (χ0v) is 13.3. The Kier molecular flexibility index (Phi) is 4.65. The van der Waals surface area contributed by atoms with Crippen molar-refractivity contribution >= 4 is 11.8 Å². The van der Waals surface area contributed by atoms with Crippen LogP contribution in [0.3, 0.4) is 0 Å². The lowest BCUT2D eigenvalue weighted by atomic mass is 9.96. The Hall–Kier alpha value is -1.85. The van der Waals surface area contributed by atoms with E-state index in [0.717, 1.165) is 29.8 Å². The third-order valence-corrected chi connectivity index (χ3v) is 4.41. The maximum atomic E-state index is 12.2. The van der Waals surface area contributed by atoms with Gasteiger partial charge in [-0.05, 0) is 26.7 Å². The van der Waals surface area contributed by atoms with Gasteiger partial charge in [0, 0.05) is 50.8 Å². The number of hydrogen-bond acceptors (Lipinski definition) is 3. The van der Waals surface area contributed by atoms with Crippen LogP contribution in [0.5, 0.6) is 0 Å². The molecular weight excluding hydrogens is 268 g/mol. The van der Waals surface area contributed by atoms with Crippen LogP contribution in [-0.2, 0) is 23.2 Å². The normalized spacial score (nSPS) is 16.1. The summed E-state index contributed by atoms with van der Waals surface area (Å²) < 4.78 is 1.84. The molecule has 2 heterocycles. The van der Waals surface area contributed by atoms with E-state index in [1.165, 1.54) is 0 Å². The summed E-state index contributed by atoms with van der Waals surface area (Å²) in [6.45, 7) is 7.43. The fourth-order valence-electron chi connectivity index (χ4n) is 2.85. The summed E-state index contributed by atoms with van der Waals surface area (Å²) in [5.74, 6) is 0.189. The predicted molar refractivity (Wildman–Crippen MR) is 79.5 cm³/mol. The van der Waals surface area contributed by atoms with E-state index >= 15 is 0 Å². The SMILES string of the molecule is CC(=O)N1CCC(C(=O)NCc2c(C)nn(C)c2C)CC1. The molecule has 1 aliphatic rings. The molecule has 2 amide bonds. The van der Waals surface area contributed by atoms with Gasteiger partial charge in [0.05, 0.1) is 5.69 Å². The number of hydrogen-bond donors (Lipinski definition) is 1. The number of likely N-dealkylation sites (tertiary alicyclic amines) is 1. The highest BCUT2D eigenvalue weighted by atomic mass is 16.2. The van der Waals surface area contributed by atoms with Gasteiger partial charge in [-0.25, -0.2) is 0 Å². The van der Waals surface area contributed by atoms with Crippen molar-refractivity contribution in [2.75, 3.05) is 13.1 Å². The molecule has 1 aromatic heterocycles. The minimum Gasteiger partial charge on any atom is -0.352 e. The molecule has 0 radical (unpaired) electrons. The maximum Gasteiger partial charge on any atom is 0.223 e. The van der Waals surface area contributed by atoms with Crippen LogP contribution in [0.2, 0.25) is 0 Å². The number of aromatic nitrogens is 2. The second-order valence-electron chi connectivity index (χ2n) is 5.77. The summed E-state index contributed by atoms with van der Waals surface area (Å²) in [6, 6.07) is 0. The van der Waals surface area contributed by atoms with Gasteiger partial charge < -0.3 is 10.2 Å². The first-order valence-corrected chi connectivity index (χ1v) is 7.42. The molecule has 6 nitrogen and oxygen atoms in total. The first-order chi connectivity index (χ1) is 9.90. The maximum absolute atomic E-state index is 12.2. The minimum absolute atomic E-state index is 0.0119. The predicted octanol–water partition coefficient (Wildman–Crippen LogP) is 0.912. The molecule has 6 heteroatoms. The standard InChI is InChI=1S/C15H24N4O2/c1-10-14(11(2)18(4)17-10)9-16-15(21)13-5-7-19(8-6-13)12(3)20/h13H,5-9H2,1-4H3,(H,16,21). The van der Waals surface area contributed by atoms with Gasteiger partial charge in [-0.15, -0.1) is 0 Å². The molecule has 0 bridgehead atoms. The van der Waals surface area contributed by atoms with Crippen LogP contribution in [0, 0.1) is 19.8 Å². The molecule has 1 aliphatic heterocycles. The van der Waals surface area contributed by atoms with Gasteiger partial charge in [0.25, 0.3) is 0 Å². The van der Waals surface area contributed by atoms with Crippen LogP contribution in [-0.4, -0.2) is 39.6 Å². The van der Waals surface area contributed by atoms with Gasteiger partial charge in [-0.1, -0.05) is 0 Å². The lowest BCUT2D eigenvalue weighted by Crippen LogP contribution is -2.42. The fraction of sp³-hybridized carbons (Fsp3) is 0.667. The summed E-state index contributed by atoms with van der Waals surface area (Å²) in [5, 5.41) is 7.36. The number of aryl methyl sites for hydroxylation is 2. The average molecular weight is 292 g/mol. The highest BCUT2D eigenvalue weighted by Crippen LogP contribution is 2.18. The summed E-state index contributed by atoms with van der Waals surface area (Å²) in [7, 11) is 1.91. The zero-order chi connectivity index (χ0) is 15.6. The van der Waals surface area contributed by atoms with Crippen molar-refractivity contribution in [1.29, 1.82) is 0 Å². The number of amides is 2. The van der Waals surface area contributed by atoms with Gasteiger partial charge in [0.2, 0.25) is 11.8 Å². The quantitative estimate of drug-likeness (QED) is 0.900. The van der Waals surface area contributed by atoms with Gasteiger partial charge in [0.15, 0.2) is 0 Å². The number of nitrogens with one attached hydrogen (secondary N) is 1. The lowest BCUT2D eigenvalue weighted by molar-refractivity contribution is -0.134. The van der Waals surface area contributed by atoms with Crippen molar-refractivity contribution in [3.05, 3.63) is 17.0 Å². The van der Waals surface area contributed by atoms with Gasteiger partial charge >= 0.3 is 0 Å². The monoisotopic (exact) mass is 292 g/mol. The number of piperidine rings is 1. The van der Waals surface area contributed by atoms with E-state index in [1.54, 1.807) is 11.8 Å². The van der Waals surface area contributed by atoms with Crippen molar-refractivity contribution in [3.8, 4) is 0 Å². The van der Waals surface area contributed by atoms with E-state index in [2.05, 4.69) is 10.4 Å². The Labute approximate surface area is 125 Å². The van der Waals surface area contributed by atoms with Crippen molar-refractivity contribution in [1.82, 2.24) is 20.0 Å².